The summed E-state index contributed by atoms with van der Waals surface area (Å²) in [6.07, 6.45) is 2.80. The van der Waals surface area contributed by atoms with Crippen molar-refractivity contribution in [2.24, 2.45) is 5.73 Å². The molecule has 2 saturated heterocycles. The minimum atomic E-state index is -0.285. The number of amides is 4. The van der Waals surface area contributed by atoms with Gasteiger partial charge in [0.2, 0.25) is 11.8 Å². The van der Waals surface area contributed by atoms with Gasteiger partial charge in [-0.15, -0.1) is 0 Å². The third-order valence-corrected chi connectivity index (χ3v) is 9.41. The highest BCUT2D eigenvalue weighted by molar-refractivity contribution is 6.35. The van der Waals surface area contributed by atoms with Crippen molar-refractivity contribution in [1.82, 2.24) is 20.1 Å². The van der Waals surface area contributed by atoms with E-state index in [-0.39, 0.29) is 36.2 Å². The Bertz CT molecular complexity index is 1720. The van der Waals surface area contributed by atoms with Gasteiger partial charge in [0, 0.05) is 91.9 Å². The molecule has 4 N–H and O–H groups in total. The summed E-state index contributed by atoms with van der Waals surface area (Å²) < 4.78 is 2.24. The number of carbonyl (C=O) groups is 3. The average Bonchev–Trinajstić information content (AvgIpc) is 3.65. The van der Waals surface area contributed by atoms with Crippen LogP contribution in [0, 0.1) is 0 Å². The maximum Gasteiger partial charge on any atom is 0.321 e. The molecule has 6 rings (SSSR count). The Balaban J connectivity index is 1.06. The normalized spacial score (nSPS) is 17.3. The van der Waals surface area contributed by atoms with Crippen molar-refractivity contribution in [2.75, 3.05) is 37.6 Å². The Morgan fingerprint density at radius 1 is 1.04 bits per heavy atom. The Labute approximate surface area is 274 Å². The molecule has 0 bridgehead atoms. The fraction of sp³-hybridized carbons (Fsp3) is 0.361. The topological polar surface area (TPSA) is 113 Å². The molecule has 0 spiro atoms. The molecule has 46 heavy (non-hydrogen) atoms. The number of nitrogens with one attached hydrogen (secondary N) is 2. The molecule has 3 heterocycles. The fourth-order valence-electron chi connectivity index (χ4n) is 6.76. The van der Waals surface area contributed by atoms with Crippen molar-refractivity contribution < 1.29 is 14.4 Å². The standard InChI is InChI=1S/C36H41ClN6O3/c1-24(44)39-15-19-43-33-6-2-5-32(37)31(33)22-34(43)28-4-3-17-41(23-28)35(45)21-29(38)20-25-7-9-26(10-8-25)27-11-13-30(14-12-27)42-18-16-40-36(42)46/h2,5-14,22,28-29H,3-4,15-21,23,38H2,1H3,(H,39,44)(H,40,46). The van der Waals surface area contributed by atoms with E-state index in [2.05, 4.69) is 51.6 Å². The number of nitrogens with zero attached hydrogens (tertiary/aromatic N) is 3. The Kier molecular flexibility index (Phi) is 9.61. The van der Waals surface area contributed by atoms with Crippen LogP contribution in [0.4, 0.5) is 10.5 Å². The lowest BCUT2D eigenvalue weighted by molar-refractivity contribution is -0.132. The van der Waals surface area contributed by atoms with Gasteiger partial charge in [-0.05, 0) is 66.3 Å². The number of hydrogen-bond donors (Lipinski definition) is 3. The number of halogens is 1. The minimum absolute atomic E-state index is 0.0573. The lowest BCUT2D eigenvalue weighted by Gasteiger charge is -2.34. The van der Waals surface area contributed by atoms with Crippen LogP contribution in [0.2, 0.25) is 5.02 Å². The van der Waals surface area contributed by atoms with Gasteiger partial charge in [-0.25, -0.2) is 4.79 Å². The van der Waals surface area contributed by atoms with Crippen LogP contribution in [0.15, 0.2) is 72.8 Å². The maximum absolute atomic E-state index is 13.5. The number of fused-ring (bicyclic) bond motifs is 1. The van der Waals surface area contributed by atoms with E-state index in [9.17, 15) is 14.4 Å². The maximum atomic E-state index is 13.5. The lowest BCUT2D eigenvalue weighted by atomic mass is 9.93. The van der Waals surface area contributed by atoms with E-state index >= 15 is 0 Å². The van der Waals surface area contributed by atoms with Crippen LogP contribution in [0.1, 0.15) is 43.4 Å². The van der Waals surface area contributed by atoms with Crippen molar-refractivity contribution >= 4 is 46.0 Å². The number of anilines is 1. The van der Waals surface area contributed by atoms with Gasteiger partial charge in [0.05, 0.1) is 0 Å². The largest absolute Gasteiger partial charge is 0.355 e. The molecule has 4 amide bonds. The van der Waals surface area contributed by atoms with Crippen LogP contribution in [-0.4, -0.2) is 66.1 Å². The second kappa shape index (κ2) is 14.0. The summed E-state index contributed by atoms with van der Waals surface area (Å²) >= 11 is 6.57. The molecule has 0 radical (unpaired) electrons. The minimum Gasteiger partial charge on any atom is -0.355 e. The summed E-state index contributed by atoms with van der Waals surface area (Å²) in [5, 5.41) is 7.42. The Morgan fingerprint density at radius 3 is 2.48 bits per heavy atom. The van der Waals surface area contributed by atoms with Crippen LogP contribution in [0.5, 0.6) is 0 Å². The van der Waals surface area contributed by atoms with Crippen LogP contribution in [-0.2, 0) is 22.6 Å². The van der Waals surface area contributed by atoms with E-state index in [0.29, 0.717) is 44.2 Å². The second-order valence-electron chi connectivity index (χ2n) is 12.4. The number of likely N-dealkylation sites (tertiary alicyclic amines) is 1. The number of benzene rings is 3. The van der Waals surface area contributed by atoms with Crippen molar-refractivity contribution in [2.45, 2.75) is 51.1 Å². The van der Waals surface area contributed by atoms with Crippen LogP contribution in [0.3, 0.4) is 0 Å². The lowest BCUT2D eigenvalue weighted by Crippen LogP contribution is -2.42. The third-order valence-electron chi connectivity index (χ3n) is 9.08. The molecule has 0 aliphatic carbocycles. The highest BCUT2D eigenvalue weighted by Crippen LogP contribution is 2.35. The molecule has 2 aliphatic heterocycles. The van der Waals surface area contributed by atoms with Gasteiger partial charge in [-0.1, -0.05) is 54.1 Å². The molecule has 0 saturated carbocycles. The zero-order chi connectivity index (χ0) is 32.2. The van der Waals surface area contributed by atoms with Crippen molar-refractivity contribution in [1.29, 1.82) is 0 Å². The number of piperidine rings is 1. The van der Waals surface area contributed by atoms with Gasteiger partial charge in [-0.3, -0.25) is 14.5 Å². The third kappa shape index (κ3) is 7.06. The first-order valence-corrected chi connectivity index (χ1v) is 16.4. The summed E-state index contributed by atoms with van der Waals surface area (Å²) in [5.41, 5.74) is 12.8. The van der Waals surface area contributed by atoms with Gasteiger partial charge in [-0.2, -0.15) is 0 Å². The first-order chi connectivity index (χ1) is 22.3. The number of carbonyl (C=O) groups excluding carboxylic acids is 3. The van der Waals surface area contributed by atoms with Gasteiger partial charge in [0.25, 0.3) is 0 Å². The van der Waals surface area contributed by atoms with Crippen molar-refractivity contribution in [3.05, 3.63) is 89.1 Å². The summed E-state index contributed by atoms with van der Waals surface area (Å²) in [5.74, 6) is 0.196. The van der Waals surface area contributed by atoms with Gasteiger partial charge in [0.1, 0.15) is 0 Å². The van der Waals surface area contributed by atoms with E-state index in [1.807, 2.05) is 41.3 Å². The van der Waals surface area contributed by atoms with Crippen molar-refractivity contribution in [3.8, 4) is 11.1 Å². The van der Waals surface area contributed by atoms with Crippen molar-refractivity contribution in [3.63, 3.8) is 0 Å². The predicted molar refractivity (Wildman–Crippen MR) is 183 cm³/mol. The molecule has 2 atom stereocenters. The second-order valence-corrected chi connectivity index (χ2v) is 12.8. The summed E-state index contributed by atoms with van der Waals surface area (Å²) in [4.78, 5) is 40.6. The molecule has 4 aromatic rings. The Morgan fingerprint density at radius 2 is 1.78 bits per heavy atom. The van der Waals surface area contributed by atoms with Gasteiger partial charge in [0.15, 0.2) is 0 Å². The predicted octanol–water partition coefficient (Wildman–Crippen LogP) is 5.29. The van der Waals surface area contributed by atoms with E-state index in [0.717, 1.165) is 58.4 Å². The number of rotatable bonds is 10. The highest BCUT2D eigenvalue weighted by Gasteiger charge is 2.28. The highest BCUT2D eigenvalue weighted by atomic mass is 35.5. The molecule has 3 aromatic carbocycles. The van der Waals surface area contributed by atoms with Crippen LogP contribution >= 0.6 is 11.6 Å². The number of hydrogen-bond acceptors (Lipinski definition) is 4. The SMILES string of the molecule is CC(=O)NCCn1c(C2CCCN(C(=O)CC(N)Cc3ccc(-c4ccc(N5CCNC5=O)cc4)cc3)C2)cc2c(Cl)cccc21. The number of nitrogens with two attached hydrogens (primary N) is 1. The first-order valence-electron chi connectivity index (χ1n) is 16.1. The fourth-order valence-corrected chi connectivity index (χ4v) is 6.98. The molecule has 2 fully saturated rings. The smallest absolute Gasteiger partial charge is 0.321 e. The molecular formula is C36H41ClN6O3. The van der Waals surface area contributed by atoms with Crippen LogP contribution in [0.25, 0.3) is 22.0 Å². The Hall–Kier alpha value is -4.34. The first kappa shape index (κ1) is 31.6. The zero-order valence-electron chi connectivity index (χ0n) is 26.2. The monoisotopic (exact) mass is 640 g/mol. The summed E-state index contributed by atoms with van der Waals surface area (Å²) in [6.45, 7) is 5.38. The van der Waals surface area contributed by atoms with E-state index in [1.54, 1.807) is 4.90 Å². The molecule has 240 valence electrons. The van der Waals surface area contributed by atoms with Gasteiger partial charge >= 0.3 is 6.03 Å². The summed E-state index contributed by atoms with van der Waals surface area (Å²) in [7, 11) is 0. The van der Waals surface area contributed by atoms with E-state index in [4.69, 9.17) is 17.3 Å². The number of aromatic nitrogens is 1. The zero-order valence-corrected chi connectivity index (χ0v) is 26.9. The average molecular weight is 641 g/mol. The molecule has 9 nitrogen and oxygen atoms in total. The van der Waals surface area contributed by atoms with E-state index in [1.165, 1.54) is 6.92 Å². The molecule has 2 unspecified atom stereocenters. The quantitative estimate of drug-likeness (QED) is 0.219. The molecular weight excluding hydrogens is 600 g/mol. The molecule has 2 aliphatic rings. The van der Waals surface area contributed by atoms with E-state index < -0.39 is 0 Å². The summed E-state index contributed by atoms with van der Waals surface area (Å²) in [6, 6.07) is 24.0. The molecule has 10 heteroatoms. The van der Waals surface area contributed by atoms with Crippen LogP contribution < -0.4 is 21.3 Å². The van der Waals surface area contributed by atoms with Gasteiger partial charge < -0.3 is 25.8 Å². The number of urea groups is 1. The molecule has 1 aromatic heterocycles.